The van der Waals surface area contributed by atoms with Gasteiger partial charge in [-0.2, -0.15) is 0 Å². The molecule has 4 N–H and O–H groups in total. The summed E-state index contributed by atoms with van der Waals surface area (Å²) in [4.78, 5) is 23.1. The molecule has 1 saturated heterocycles. The molecule has 0 aromatic heterocycles. The molecule has 2 aliphatic rings. The minimum absolute atomic E-state index is 0.142. The van der Waals surface area contributed by atoms with Gasteiger partial charge in [0.05, 0.1) is 0 Å². The fraction of sp³-hybridized carbons (Fsp3) is 0.579. The van der Waals surface area contributed by atoms with Crippen LogP contribution in [-0.4, -0.2) is 53.7 Å². The molecule has 2 heterocycles. The van der Waals surface area contributed by atoms with E-state index >= 15 is 0 Å². The molecule has 0 bridgehead atoms. The first-order valence-corrected chi connectivity index (χ1v) is 9.29. The molecule has 2 aliphatic heterocycles. The van der Waals surface area contributed by atoms with Crippen LogP contribution in [0.5, 0.6) is 0 Å². The van der Waals surface area contributed by atoms with E-state index in [2.05, 4.69) is 10.6 Å². The number of piperidine rings is 1. The monoisotopic (exact) mass is 380 g/mol. The van der Waals surface area contributed by atoms with Crippen LogP contribution in [0.2, 0.25) is 0 Å². The van der Waals surface area contributed by atoms with Crippen LogP contribution >= 0.6 is 0 Å². The van der Waals surface area contributed by atoms with Crippen molar-refractivity contribution in [2.24, 2.45) is 5.92 Å². The van der Waals surface area contributed by atoms with Crippen molar-refractivity contribution < 1.29 is 29.3 Å². The van der Waals surface area contributed by atoms with Gasteiger partial charge in [-0.1, -0.05) is 6.92 Å². The quantitative estimate of drug-likeness (QED) is 0.446. The summed E-state index contributed by atoms with van der Waals surface area (Å²) in [7, 11) is 0. The summed E-state index contributed by atoms with van der Waals surface area (Å²) in [6, 6.07) is 0. The van der Waals surface area contributed by atoms with Gasteiger partial charge in [0.25, 0.3) is 0 Å². The summed E-state index contributed by atoms with van der Waals surface area (Å²) in [6.45, 7) is 5.69. The molecule has 8 nitrogen and oxygen atoms in total. The highest BCUT2D eigenvalue weighted by Gasteiger charge is 2.46. The Morgan fingerprint density at radius 3 is 2.74 bits per heavy atom. The lowest BCUT2D eigenvalue weighted by Crippen LogP contribution is -2.53. The molecule has 0 saturated carbocycles. The number of dihydropyridines is 1. The smallest absolute Gasteiger partial charge is 0.337 e. The molecule has 0 amide bonds. The lowest BCUT2D eigenvalue weighted by Gasteiger charge is -2.40. The van der Waals surface area contributed by atoms with Crippen LogP contribution in [0.1, 0.15) is 33.1 Å². The summed E-state index contributed by atoms with van der Waals surface area (Å²) in [5.74, 6) is -2.23. The van der Waals surface area contributed by atoms with Gasteiger partial charge in [-0.05, 0) is 51.1 Å². The Morgan fingerprint density at radius 2 is 2.19 bits per heavy atom. The number of ether oxygens (including phenoxy) is 2. The van der Waals surface area contributed by atoms with Crippen LogP contribution in [0.3, 0.4) is 0 Å². The maximum absolute atomic E-state index is 11.8. The van der Waals surface area contributed by atoms with E-state index in [0.717, 1.165) is 32.4 Å². The van der Waals surface area contributed by atoms with Gasteiger partial charge in [-0.3, -0.25) is 0 Å². The van der Waals surface area contributed by atoms with Gasteiger partial charge in [0, 0.05) is 25.1 Å². The van der Waals surface area contributed by atoms with E-state index in [0.29, 0.717) is 6.08 Å². The van der Waals surface area contributed by atoms with Crippen molar-refractivity contribution in [2.75, 3.05) is 19.7 Å². The van der Waals surface area contributed by atoms with Crippen LogP contribution in [0, 0.1) is 5.92 Å². The van der Waals surface area contributed by atoms with Gasteiger partial charge in [0.15, 0.2) is 5.76 Å². The molecule has 8 heteroatoms. The largest absolute Gasteiger partial charge is 0.489 e. The number of nitrogens with one attached hydrogen (secondary N) is 2. The minimum atomic E-state index is -1.69. The molecule has 2 rings (SSSR count). The lowest BCUT2D eigenvalue weighted by molar-refractivity contribution is -0.140. The first-order valence-electron chi connectivity index (χ1n) is 9.29. The van der Waals surface area contributed by atoms with Crippen LogP contribution in [0.15, 0.2) is 35.8 Å². The summed E-state index contributed by atoms with van der Waals surface area (Å²) < 4.78 is 12.0. The highest BCUT2D eigenvalue weighted by molar-refractivity contribution is 5.97. The Labute approximate surface area is 158 Å². The number of allylic oxidation sites excluding steroid dienone is 2. The summed E-state index contributed by atoms with van der Waals surface area (Å²) >= 11 is 0. The number of carboxylic acids is 2. The first-order chi connectivity index (χ1) is 12.9. The number of aliphatic carboxylic acids is 2. The molecule has 0 aliphatic carbocycles. The normalized spacial score (nSPS) is 26.7. The van der Waals surface area contributed by atoms with Crippen LogP contribution < -0.4 is 10.6 Å². The molecule has 0 spiro atoms. The van der Waals surface area contributed by atoms with E-state index in [-0.39, 0.29) is 24.4 Å². The fourth-order valence-corrected chi connectivity index (χ4v) is 3.54. The predicted molar refractivity (Wildman–Crippen MR) is 98.8 cm³/mol. The van der Waals surface area contributed by atoms with Crippen molar-refractivity contribution in [1.82, 2.24) is 10.6 Å². The standard InChI is InChI=1S/C19H28N2O6/c1-3-15(13-7-5-9-20-12-13)27-16-8-6-10-21-19(16,26-4-2)14(18(24)25)11-17(22)23/h6,8,10-11,13,15,20-21H,3-5,7,9,12H2,1-2H3,(H,22,23)(H,24,25)/b14-11-/t13?,15-,19-/m0/s1. The van der Waals surface area contributed by atoms with Gasteiger partial charge < -0.3 is 30.3 Å². The molecule has 0 aromatic rings. The van der Waals surface area contributed by atoms with Gasteiger partial charge in [-0.25, -0.2) is 9.59 Å². The van der Waals surface area contributed by atoms with Crippen molar-refractivity contribution in [3.63, 3.8) is 0 Å². The molecular weight excluding hydrogens is 352 g/mol. The van der Waals surface area contributed by atoms with Gasteiger partial charge in [0.2, 0.25) is 5.72 Å². The van der Waals surface area contributed by atoms with E-state index < -0.39 is 23.2 Å². The summed E-state index contributed by atoms with van der Waals surface area (Å²) in [5, 5.41) is 25.0. The summed E-state index contributed by atoms with van der Waals surface area (Å²) in [5.41, 5.74) is -2.13. The second kappa shape index (κ2) is 9.57. The van der Waals surface area contributed by atoms with Crippen molar-refractivity contribution in [3.8, 4) is 0 Å². The molecule has 27 heavy (non-hydrogen) atoms. The van der Waals surface area contributed by atoms with E-state index in [1.807, 2.05) is 6.92 Å². The molecule has 150 valence electrons. The fourth-order valence-electron chi connectivity index (χ4n) is 3.54. The average Bonchev–Trinajstić information content (AvgIpc) is 2.66. The molecular formula is C19H28N2O6. The maximum Gasteiger partial charge on any atom is 0.337 e. The second-order valence-electron chi connectivity index (χ2n) is 6.52. The third-order valence-corrected chi connectivity index (χ3v) is 4.76. The number of carboxylic acid groups (broad SMARTS) is 2. The molecule has 0 aromatic carbocycles. The van der Waals surface area contributed by atoms with Crippen molar-refractivity contribution in [3.05, 3.63) is 35.8 Å². The average molecular weight is 380 g/mol. The Bertz CT molecular complexity index is 636. The molecule has 3 atom stereocenters. The predicted octanol–water partition coefficient (Wildman–Crippen LogP) is 1.61. The Kier molecular flexibility index (Phi) is 7.44. The Morgan fingerprint density at radius 1 is 1.41 bits per heavy atom. The molecule has 0 radical (unpaired) electrons. The maximum atomic E-state index is 11.8. The zero-order valence-corrected chi connectivity index (χ0v) is 15.7. The Hall–Kier alpha value is -2.32. The van der Waals surface area contributed by atoms with E-state index in [1.165, 1.54) is 6.20 Å². The van der Waals surface area contributed by atoms with Gasteiger partial charge >= 0.3 is 11.9 Å². The van der Waals surface area contributed by atoms with Gasteiger partial charge in [0.1, 0.15) is 11.7 Å². The van der Waals surface area contributed by atoms with Crippen LogP contribution in [0.25, 0.3) is 0 Å². The lowest BCUT2D eigenvalue weighted by atomic mass is 9.91. The number of hydrogen-bond donors (Lipinski definition) is 4. The number of carbonyl (C=O) groups is 2. The Balaban J connectivity index is 2.40. The zero-order valence-electron chi connectivity index (χ0n) is 15.7. The first kappa shape index (κ1) is 21.0. The number of hydrogen-bond acceptors (Lipinski definition) is 6. The van der Waals surface area contributed by atoms with E-state index in [9.17, 15) is 14.7 Å². The zero-order chi connectivity index (χ0) is 19.9. The summed E-state index contributed by atoms with van der Waals surface area (Å²) in [6.07, 6.45) is 8.13. The highest BCUT2D eigenvalue weighted by atomic mass is 16.6. The van der Waals surface area contributed by atoms with Crippen molar-refractivity contribution in [1.29, 1.82) is 0 Å². The third-order valence-electron chi connectivity index (χ3n) is 4.76. The highest BCUT2D eigenvalue weighted by Crippen LogP contribution is 2.34. The number of rotatable bonds is 9. The topological polar surface area (TPSA) is 117 Å². The van der Waals surface area contributed by atoms with E-state index in [1.54, 1.807) is 19.1 Å². The van der Waals surface area contributed by atoms with Crippen LogP contribution in [-0.2, 0) is 19.1 Å². The molecule has 1 unspecified atom stereocenters. The van der Waals surface area contributed by atoms with Crippen molar-refractivity contribution in [2.45, 2.75) is 44.9 Å². The van der Waals surface area contributed by atoms with Crippen LogP contribution in [0.4, 0.5) is 0 Å². The van der Waals surface area contributed by atoms with Crippen molar-refractivity contribution >= 4 is 11.9 Å². The van der Waals surface area contributed by atoms with Gasteiger partial charge in [-0.15, -0.1) is 0 Å². The SMILES string of the molecule is CCO[C@]1(/C(=C\C(=O)O)C(=O)O)NC=CC=C1O[C@@H](CC)C1CCCNC1. The van der Waals surface area contributed by atoms with E-state index in [4.69, 9.17) is 14.6 Å². The second-order valence-corrected chi connectivity index (χ2v) is 6.52. The third kappa shape index (κ3) is 4.90. The minimum Gasteiger partial charge on any atom is -0.489 e. The molecule has 1 fully saturated rings.